The predicted octanol–water partition coefficient (Wildman–Crippen LogP) is 3.04. The van der Waals surface area contributed by atoms with E-state index in [0.717, 1.165) is 12.0 Å². The highest BCUT2D eigenvalue weighted by atomic mass is 19.3. The first-order valence-corrected chi connectivity index (χ1v) is 6.28. The number of piperidine rings is 1. The Hall–Kier alpha value is -0.960. The second-order valence-corrected chi connectivity index (χ2v) is 4.80. The molecule has 0 spiro atoms. The van der Waals surface area contributed by atoms with E-state index < -0.39 is 11.8 Å². The highest BCUT2D eigenvalue weighted by Crippen LogP contribution is 2.32. The molecule has 1 aliphatic rings. The molecular formula is C14H19F2N. The molecule has 0 bridgehead atoms. The molecule has 1 atom stereocenters. The molecular weight excluding hydrogens is 220 g/mol. The molecule has 1 heterocycles. The van der Waals surface area contributed by atoms with Gasteiger partial charge in [-0.05, 0) is 36.9 Å². The maximum absolute atomic E-state index is 13.6. The molecule has 3 heteroatoms. The minimum atomic E-state index is -2.57. The van der Waals surface area contributed by atoms with Gasteiger partial charge in [-0.25, -0.2) is 8.78 Å². The number of aryl methyl sites for hydroxylation is 1. The smallest absolute Gasteiger partial charge is 0.263 e. The van der Waals surface area contributed by atoms with Crippen molar-refractivity contribution in [2.45, 2.75) is 32.1 Å². The van der Waals surface area contributed by atoms with Crippen LogP contribution in [-0.2, 0) is 12.8 Å². The maximum atomic E-state index is 13.6. The van der Waals surface area contributed by atoms with E-state index in [1.165, 1.54) is 5.56 Å². The van der Waals surface area contributed by atoms with E-state index >= 15 is 0 Å². The Kier molecular flexibility index (Phi) is 3.77. The van der Waals surface area contributed by atoms with Gasteiger partial charge >= 0.3 is 0 Å². The van der Waals surface area contributed by atoms with E-state index in [2.05, 4.69) is 12.2 Å². The Morgan fingerprint density at radius 2 is 1.88 bits per heavy atom. The molecule has 1 nitrogen and oxygen atoms in total. The van der Waals surface area contributed by atoms with E-state index in [1.54, 1.807) is 0 Å². The lowest BCUT2D eigenvalue weighted by molar-refractivity contribution is -0.0727. The summed E-state index contributed by atoms with van der Waals surface area (Å²) in [7, 11) is 0. The number of alkyl halides is 2. The summed E-state index contributed by atoms with van der Waals surface area (Å²) in [4.78, 5) is 0. The standard InChI is InChI=1S/C14H19F2N/c1-2-11-3-5-12(6-4-11)9-13-7-8-17-10-14(13,15)16/h3-6,13,17H,2,7-10H2,1H3. The molecule has 0 radical (unpaired) electrons. The first kappa shape index (κ1) is 12.5. The lowest BCUT2D eigenvalue weighted by atomic mass is 9.87. The molecule has 0 amide bonds. The van der Waals surface area contributed by atoms with E-state index in [9.17, 15) is 8.78 Å². The van der Waals surface area contributed by atoms with Crippen LogP contribution < -0.4 is 5.32 Å². The fraction of sp³-hybridized carbons (Fsp3) is 0.571. The van der Waals surface area contributed by atoms with Crippen molar-refractivity contribution in [1.29, 1.82) is 0 Å². The summed E-state index contributed by atoms with van der Waals surface area (Å²) < 4.78 is 27.3. The van der Waals surface area contributed by atoms with Crippen LogP contribution in [-0.4, -0.2) is 19.0 Å². The molecule has 1 aromatic carbocycles. The second kappa shape index (κ2) is 5.13. The zero-order chi connectivity index (χ0) is 12.3. The van der Waals surface area contributed by atoms with Crippen LogP contribution in [0.2, 0.25) is 0 Å². The van der Waals surface area contributed by atoms with Crippen molar-refractivity contribution < 1.29 is 8.78 Å². The zero-order valence-electron chi connectivity index (χ0n) is 10.2. The summed E-state index contributed by atoms with van der Waals surface area (Å²) in [6.45, 7) is 2.62. The third-order valence-electron chi connectivity index (χ3n) is 3.54. The molecule has 2 rings (SSSR count). The molecule has 0 saturated carbocycles. The number of hydrogen-bond donors (Lipinski definition) is 1. The largest absolute Gasteiger partial charge is 0.311 e. The summed E-state index contributed by atoms with van der Waals surface area (Å²) in [5.74, 6) is -3.09. The van der Waals surface area contributed by atoms with Gasteiger partial charge in [0.05, 0.1) is 6.54 Å². The highest BCUT2D eigenvalue weighted by Gasteiger charge is 2.41. The summed E-state index contributed by atoms with van der Waals surface area (Å²) in [6.07, 6.45) is 2.03. The number of halogens is 2. The minimum Gasteiger partial charge on any atom is -0.311 e. The average Bonchev–Trinajstić information content (AvgIpc) is 2.33. The van der Waals surface area contributed by atoms with Crippen molar-refractivity contribution in [1.82, 2.24) is 5.32 Å². The average molecular weight is 239 g/mol. The molecule has 17 heavy (non-hydrogen) atoms. The monoisotopic (exact) mass is 239 g/mol. The van der Waals surface area contributed by atoms with Gasteiger partial charge in [-0.3, -0.25) is 0 Å². The lowest BCUT2D eigenvalue weighted by Gasteiger charge is -2.32. The first-order valence-electron chi connectivity index (χ1n) is 6.28. The fourth-order valence-electron chi connectivity index (χ4n) is 2.33. The molecule has 0 aromatic heterocycles. The van der Waals surface area contributed by atoms with Gasteiger partial charge in [0.15, 0.2) is 0 Å². The van der Waals surface area contributed by atoms with Gasteiger partial charge in [-0.1, -0.05) is 31.2 Å². The van der Waals surface area contributed by atoms with Crippen LogP contribution in [0.5, 0.6) is 0 Å². The van der Waals surface area contributed by atoms with Crippen LogP contribution in [0.1, 0.15) is 24.5 Å². The topological polar surface area (TPSA) is 12.0 Å². The Morgan fingerprint density at radius 3 is 2.47 bits per heavy atom. The summed E-state index contributed by atoms with van der Waals surface area (Å²) in [6, 6.07) is 8.04. The minimum absolute atomic E-state index is 0.176. The van der Waals surface area contributed by atoms with Crippen LogP contribution in [0.15, 0.2) is 24.3 Å². The Bertz CT molecular complexity index is 359. The quantitative estimate of drug-likeness (QED) is 0.855. The van der Waals surface area contributed by atoms with E-state index in [0.29, 0.717) is 19.4 Å². The molecule has 1 aliphatic heterocycles. The summed E-state index contributed by atoms with van der Waals surface area (Å²) in [5.41, 5.74) is 2.28. The fourth-order valence-corrected chi connectivity index (χ4v) is 2.33. The van der Waals surface area contributed by atoms with Crippen LogP contribution in [0.4, 0.5) is 8.78 Å². The normalized spacial score (nSPS) is 23.6. The summed E-state index contributed by atoms with van der Waals surface area (Å²) >= 11 is 0. The zero-order valence-corrected chi connectivity index (χ0v) is 10.2. The number of rotatable bonds is 3. The van der Waals surface area contributed by atoms with Crippen LogP contribution in [0.3, 0.4) is 0 Å². The highest BCUT2D eigenvalue weighted by molar-refractivity contribution is 5.23. The van der Waals surface area contributed by atoms with Crippen molar-refractivity contribution in [3.8, 4) is 0 Å². The van der Waals surface area contributed by atoms with E-state index in [-0.39, 0.29) is 6.54 Å². The summed E-state index contributed by atoms with van der Waals surface area (Å²) in [5, 5.41) is 2.76. The number of benzene rings is 1. The Labute approximate surface area is 101 Å². The lowest BCUT2D eigenvalue weighted by Crippen LogP contribution is -2.46. The van der Waals surface area contributed by atoms with Gasteiger partial charge < -0.3 is 5.32 Å². The van der Waals surface area contributed by atoms with Gasteiger partial charge in [-0.15, -0.1) is 0 Å². The second-order valence-electron chi connectivity index (χ2n) is 4.80. The molecule has 0 aliphatic carbocycles. The molecule has 1 unspecified atom stereocenters. The van der Waals surface area contributed by atoms with Crippen LogP contribution >= 0.6 is 0 Å². The van der Waals surface area contributed by atoms with Crippen LogP contribution in [0, 0.1) is 5.92 Å². The maximum Gasteiger partial charge on any atom is 0.263 e. The van der Waals surface area contributed by atoms with Crippen molar-refractivity contribution in [3.05, 3.63) is 35.4 Å². The van der Waals surface area contributed by atoms with Gasteiger partial charge in [0.25, 0.3) is 5.92 Å². The van der Waals surface area contributed by atoms with Gasteiger partial charge in [0, 0.05) is 5.92 Å². The molecule has 1 fully saturated rings. The Balaban J connectivity index is 2.03. The van der Waals surface area contributed by atoms with Crippen molar-refractivity contribution >= 4 is 0 Å². The SMILES string of the molecule is CCc1ccc(CC2CCNCC2(F)F)cc1. The number of nitrogens with one attached hydrogen (secondary N) is 1. The molecule has 1 aromatic rings. The number of hydrogen-bond acceptors (Lipinski definition) is 1. The molecule has 1 N–H and O–H groups in total. The van der Waals surface area contributed by atoms with E-state index in [4.69, 9.17) is 0 Å². The van der Waals surface area contributed by atoms with Crippen molar-refractivity contribution in [2.24, 2.45) is 5.92 Å². The van der Waals surface area contributed by atoms with Gasteiger partial charge in [-0.2, -0.15) is 0 Å². The van der Waals surface area contributed by atoms with Gasteiger partial charge in [0.2, 0.25) is 0 Å². The Morgan fingerprint density at radius 1 is 1.24 bits per heavy atom. The predicted molar refractivity (Wildman–Crippen MR) is 65.4 cm³/mol. The molecule has 1 saturated heterocycles. The van der Waals surface area contributed by atoms with Crippen molar-refractivity contribution in [3.63, 3.8) is 0 Å². The van der Waals surface area contributed by atoms with Crippen molar-refractivity contribution in [2.75, 3.05) is 13.1 Å². The van der Waals surface area contributed by atoms with Crippen LogP contribution in [0.25, 0.3) is 0 Å². The first-order chi connectivity index (χ1) is 8.12. The third-order valence-corrected chi connectivity index (χ3v) is 3.54. The van der Waals surface area contributed by atoms with E-state index in [1.807, 2.05) is 24.3 Å². The third kappa shape index (κ3) is 3.03. The molecule has 94 valence electrons. The van der Waals surface area contributed by atoms with Gasteiger partial charge in [0.1, 0.15) is 0 Å².